The summed E-state index contributed by atoms with van der Waals surface area (Å²) in [7, 11) is 0. The van der Waals surface area contributed by atoms with Gasteiger partial charge in [0.05, 0.1) is 11.1 Å². The van der Waals surface area contributed by atoms with Gasteiger partial charge in [0.25, 0.3) is 11.8 Å². The summed E-state index contributed by atoms with van der Waals surface area (Å²) in [5, 5.41) is 0. The molecule has 0 spiro atoms. The molecule has 0 saturated heterocycles. The van der Waals surface area contributed by atoms with E-state index in [4.69, 9.17) is 0 Å². The number of carbonyl (C=O) groups is 2. The number of fused-ring (bicyclic) bond motifs is 1. The summed E-state index contributed by atoms with van der Waals surface area (Å²) in [5.74, 6) is 6.22. The van der Waals surface area contributed by atoms with Crippen molar-refractivity contribution in [3.63, 3.8) is 0 Å². The van der Waals surface area contributed by atoms with Crippen molar-refractivity contribution in [2.45, 2.75) is 26.7 Å². The third-order valence-electron chi connectivity index (χ3n) is 2.97. The SMILES string of the molecule is CC(C)CC#CCCN1C(=O)c2ccccc2C1=O. The highest BCUT2D eigenvalue weighted by molar-refractivity contribution is 6.21. The molecule has 0 saturated carbocycles. The van der Waals surface area contributed by atoms with E-state index in [9.17, 15) is 9.59 Å². The summed E-state index contributed by atoms with van der Waals surface area (Å²) in [6.45, 7) is 4.59. The quantitative estimate of drug-likeness (QED) is 0.615. The first-order chi connectivity index (χ1) is 9.11. The van der Waals surface area contributed by atoms with E-state index in [-0.39, 0.29) is 11.8 Å². The van der Waals surface area contributed by atoms with Gasteiger partial charge in [0.1, 0.15) is 0 Å². The molecule has 2 rings (SSSR count). The van der Waals surface area contributed by atoms with Gasteiger partial charge in [0.2, 0.25) is 0 Å². The number of imide groups is 1. The Kier molecular flexibility index (Phi) is 4.01. The van der Waals surface area contributed by atoms with Crippen LogP contribution in [0, 0.1) is 17.8 Å². The molecule has 0 bridgehead atoms. The average Bonchev–Trinajstić information content (AvgIpc) is 2.63. The highest BCUT2D eigenvalue weighted by Gasteiger charge is 2.34. The zero-order valence-electron chi connectivity index (χ0n) is 11.3. The van der Waals surface area contributed by atoms with Crippen LogP contribution in [-0.4, -0.2) is 23.3 Å². The van der Waals surface area contributed by atoms with E-state index < -0.39 is 0 Å². The molecule has 1 aliphatic heterocycles. The molecule has 2 amide bonds. The third kappa shape index (κ3) is 2.85. The van der Waals surface area contributed by atoms with E-state index in [1.165, 1.54) is 4.90 Å². The fourth-order valence-corrected chi connectivity index (χ4v) is 1.97. The lowest BCUT2D eigenvalue weighted by molar-refractivity contribution is 0.0658. The Morgan fingerprint density at radius 2 is 1.63 bits per heavy atom. The minimum atomic E-state index is -0.203. The predicted octanol–water partition coefficient (Wildman–Crippen LogP) is 2.72. The van der Waals surface area contributed by atoms with E-state index in [0.29, 0.717) is 30.0 Å². The van der Waals surface area contributed by atoms with Crippen LogP contribution in [0.15, 0.2) is 24.3 Å². The largest absolute Gasteiger partial charge is 0.273 e. The van der Waals surface area contributed by atoms with Crippen molar-refractivity contribution in [2.75, 3.05) is 6.54 Å². The average molecular weight is 255 g/mol. The van der Waals surface area contributed by atoms with Crippen molar-refractivity contribution in [3.8, 4) is 11.8 Å². The number of nitrogens with zero attached hydrogens (tertiary/aromatic N) is 1. The van der Waals surface area contributed by atoms with Crippen LogP contribution in [0.5, 0.6) is 0 Å². The zero-order valence-corrected chi connectivity index (χ0v) is 11.3. The molecule has 0 atom stereocenters. The number of benzene rings is 1. The van der Waals surface area contributed by atoms with E-state index in [1.807, 2.05) is 0 Å². The van der Waals surface area contributed by atoms with Gasteiger partial charge in [-0.05, 0) is 18.1 Å². The molecule has 1 heterocycles. The van der Waals surface area contributed by atoms with Crippen LogP contribution >= 0.6 is 0 Å². The van der Waals surface area contributed by atoms with Gasteiger partial charge < -0.3 is 0 Å². The Morgan fingerprint density at radius 3 is 2.16 bits per heavy atom. The number of hydrogen-bond acceptors (Lipinski definition) is 2. The molecule has 1 aromatic carbocycles. The normalized spacial score (nSPS) is 13.5. The third-order valence-corrected chi connectivity index (χ3v) is 2.97. The molecule has 0 radical (unpaired) electrons. The summed E-state index contributed by atoms with van der Waals surface area (Å²) in [4.78, 5) is 25.4. The van der Waals surface area contributed by atoms with Gasteiger partial charge in [0, 0.05) is 19.4 Å². The van der Waals surface area contributed by atoms with E-state index in [2.05, 4.69) is 25.7 Å². The fourth-order valence-electron chi connectivity index (χ4n) is 1.97. The lowest BCUT2D eigenvalue weighted by Crippen LogP contribution is -2.30. The minimum absolute atomic E-state index is 0.203. The van der Waals surface area contributed by atoms with Crippen molar-refractivity contribution in [1.29, 1.82) is 0 Å². The van der Waals surface area contributed by atoms with Crippen molar-refractivity contribution in [1.82, 2.24) is 4.90 Å². The first kappa shape index (κ1) is 13.4. The molecule has 0 fully saturated rings. The van der Waals surface area contributed by atoms with Gasteiger partial charge in [-0.25, -0.2) is 0 Å². The molecule has 1 aromatic rings. The minimum Gasteiger partial charge on any atom is -0.273 e. The summed E-state index contributed by atoms with van der Waals surface area (Å²) in [5.41, 5.74) is 1.00. The molecule has 19 heavy (non-hydrogen) atoms. The van der Waals surface area contributed by atoms with Crippen molar-refractivity contribution in [3.05, 3.63) is 35.4 Å². The summed E-state index contributed by atoms with van der Waals surface area (Å²) >= 11 is 0. The topological polar surface area (TPSA) is 37.4 Å². The molecular weight excluding hydrogens is 238 g/mol. The van der Waals surface area contributed by atoms with Gasteiger partial charge >= 0.3 is 0 Å². The lowest BCUT2D eigenvalue weighted by Gasteiger charge is -2.11. The van der Waals surface area contributed by atoms with Crippen molar-refractivity contribution in [2.24, 2.45) is 5.92 Å². The molecule has 3 nitrogen and oxygen atoms in total. The summed E-state index contributed by atoms with van der Waals surface area (Å²) in [6, 6.07) is 6.94. The summed E-state index contributed by atoms with van der Waals surface area (Å²) in [6.07, 6.45) is 1.39. The maximum Gasteiger partial charge on any atom is 0.261 e. The van der Waals surface area contributed by atoms with E-state index in [0.717, 1.165) is 6.42 Å². The smallest absolute Gasteiger partial charge is 0.261 e. The van der Waals surface area contributed by atoms with E-state index >= 15 is 0 Å². The molecule has 0 aliphatic carbocycles. The fraction of sp³-hybridized carbons (Fsp3) is 0.375. The van der Waals surface area contributed by atoms with Gasteiger partial charge in [0.15, 0.2) is 0 Å². The molecule has 0 N–H and O–H groups in total. The molecule has 3 heteroatoms. The Hall–Kier alpha value is -2.08. The Balaban J connectivity index is 1.98. The maximum absolute atomic E-state index is 12.0. The van der Waals surface area contributed by atoms with Crippen LogP contribution in [0.25, 0.3) is 0 Å². The predicted molar refractivity (Wildman–Crippen MR) is 73.7 cm³/mol. The van der Waals surface area contributed by atoms with Crippen LogP contribution < -0.4 is 0 Å². The van der Waals surface area contributed by atoms with Gasteiger partial charge in [-0.1, -0.05) is 26.0 Å². The van der Waals surface area contributed by atoms with Crippen LogP contribution in [-0.2, 0) is 0 Å². The lowest BCUT2D eigenvalue weighted by atomic mass is 10.1. The summed E-state index contributed by atoms with van der Waals surface area (Å²) < 4.78 is 0. The number of rotatable bonds is 3. The van der Waals surface area contributed by atoms with Crippen LogP contribution in [0.2, 0.25) is 0 Å². The standard InChI is InChI=1S/C16H17NO2/c1-12(2)8-4-3-7-11-17-15(18)13-9-5-6-10-14(13)16(17)19/h5-6,9-10,12H,7-8,11H2,1-2H3. The second kappa shape index (κ2) is 5.71. The van der Waals surface area contributed by atoms with Gasteiger partial charge in [-0.15, -0.1) is 11.8 Å². The first-order valence-corrected chi connectivity index (χ1v) is 6.52. The Morgan fingerprint density at radius 1 is 1.05 bits per heavy atom. The molecule has 1 aliphatic rings. The second-order valence-corrected chi connectivity index (χ2v) is 5.01. The molecule has 98 valence electrons. The van der Waals surface area contributed by atoms with Crippen molar-refractivity contribution >= 4 is 11.8 Å². The van der Waals surface area contributed by atoms with Crippen molar-refractivity contribution < 1.29 is 9.59 Å². The van der Waals surface area contributed by atoms with Crippen LogP contribution in [0.4, 0.5) is 0 Å². The maximum atomic E-state index is 12.0. The molecular formula is C16H17NO2. The molecule has 0 unspecified atom stereocenters. The van der Waals surface area contributed by atoms with Crippen LogP contribution in [0.3, 0.4) is 0 Å². The zero-order chi connectivity index (χ0) is 13.8. The Labute approximate surface area is 113 Å². The highest BCUT2D eigenvalue weighted by atomic mass is 16.2. The number of hydrogen-bond donors (Lipinski definition) is 0. The number of amides is 2. The second-order valence-electron chi connectivity index (χ2n) is 5.01. The first-order valence-electron chi connectivity index (χ1n) is 6.52. The number of carbonyl (C=O) groups excluding carboxylic acids is 2. The Bertz CT molecular complexity index is 529. The van der Waals surface area contributed by atoms with Gasteiger partial charge in [-0.2, -0.15) is 0 Å². The monoisotopic (exact) mass is 255 g/mol. The van der Waals surface area contributed by atoms with Gasteiger partial charge in [-0.3, -0.25) is 14.5 Å². The van der Waals surface area contributed by atoms with E-state index in [1.54, 1.807) is 24.3 Å². The molecule has 0 aromatic heterocycles. The van der Waals surface area contributed by atoms with Crippen LogP contribution in [0.1, 0.15) is 47.4 Å². The highest BCUT2D eigenvalue weighted by Crippen LogP contribution is 2.22.